The molecule has 0 radical (unpaired) electrons. The molecule has 11 atom stereocenters. The van der Waals surface area contributed by atoms with Gasteiger partial charge in [-0.25, -0.2) is 4.79 Å². The molecule has 72 heavy (non-hydrogen) atoms. The van der Waals surface area contributed by atoms with E-state index >= 15 is 0 Å². The maximum Gasteiger partial charge on any atom is 0.328 e. The lowest BCUT2D eigenvalue weighted by Gasteiger charge is -2.29. The van der Waals surface area contributed by atoms with Gasteiger partial charge in [-0.05, 0) is 31.7 Å². The van der Waals surface area contributed by atoms with Gasteiger partial charge in [0.25, 0.3) is 0 Å². The molecule has 30 heteroatoms. The maximum absolute atomic E-state index is 13.9. The van der Waals surface area contributed by atoms with Crippen molar-refractivity contribution in [2.45, 2.75) is 120 Å². The zero-order chi connectivity index (χ0) is 55.0. The molecular formula is C42H64N10O20. The standard InChI is InChI=1S/C42H64N10O20/c1-18(2)31(39(68)47-26(16-54)38(67)49-27(17-55)42(71)72)51-36(65)24(13-30(61)62)45-37(66)25(15-53)48-41(70)33(20(4)57)52-35(64)23(12-21-8-6-5-7-9-21)46-40(69)32(19(3)56)50-28(58)14-44-34(63)22(43)10-11-29(59)60/h5-9,18-20,22-27,31-33,53-57H,10-17,43H2,1-4H3,(H,44,63)(H,45,66)(H,46,69)(H,47,68)(H,48,70)(H,49,67)(H,50,58)(H,51,65)(H,52,64)(H,59,60)(H,61,62)(H,71,72)/t19-,20-,22+,23+,24+,25+,26+,27+,31+,32+,33+/m1/s1. The highest BCUT2D eigenvalue weighted by molar-refractivity contribution is 5.99. The number of hydrogen-bond acceptors (Lipinski definition) is 18. The average molecular weight is 1030 g/mol. The summed E-state index contributed by atoms with van der Waals surface area (Å²) < 4.78 is 0. The van der Waals surface area contributed by atoms with Crippen molar-refractivity contribution in [1.29, 1.82) is 0 Å². The van der Waals surface area contributed by atoms with Gasteiger partial charge in [-0.15, -0.1) is 0 Å². The van der Waals surface area contributed by atoms with Crippen LogP contribution in [0.15, 0.2) is 30.3 Å². The highest BCUT2D eigenvalue weighted by atomic mass is 16.4. The van der Waals surface area contributed by atoms with Gasteiger partial charge in [-0.3, -0.25) is 52.7 Å². The molecule has 1 aromatic carbocycles. The van der Waals surface area contributed by atoms with Crippen molar-refractivity contribution in [3.8, 4) is 0 Å². The third-order valence-electron chi connectivity index (χ3n) is 10.2. The molecule has 0 aromatic heterocycles. The number of carbonyl (C=O) groups is 12. The van der Waals surface area contributed by atoms with Crippen LogP contribution in [0, 0.1) is 5.92 Å². The van der Waals surface area contributed by atoms with Gasteiger partial charge >= 0.3 is 17.9 Å². The van der Waals surface area contributed by atoms with E-state index < -0.39 is 183 Å². The Morgan fingerprint density at radius 1 is 0.500 bits per heavy atom. The zero-order valence-electron chi connectivity index (χ0n) is 39.5. The predicted molar refractivity (Wildman–Crippen MR) is 243 cm³/mol. The predicted octanol–water partition coefficient (Wildman–Crippen LogP) is -8.63. The Labute approximate surface area is 410 Å². The minimum Gasteiger partial charge on any atom is -0.481 e. The number of nitrogens with two attached hydrogens (primary N) is 1. The fraction of sp³-hybridized carbons (Fsp3) is 0.571. The molecule has 0 heterocycles. The molecule has 1 rings (SSSR count). The first kappa shape index (κ1) is 62.6. The summed E-state index contributed by atoms with van der Waals surface area (Å²) >= 11 is 0. The number of benzene rings is 1. The third-order valence-corrected chi connectivity index (χ3v) is 10.2. The average Bonchev–Trinajstić information content (AvgIpc) is 3.31. The summed E-state index contributed by atoms with van der Waals surface area (Å²) in [6, 6.07) is -8.05. The highest BCUT2D eigenvalue weighted by Gasteiger charge is 2.37. The van der Waals surface area contributed by atoms with E-state index in [1.54, 1.807) is 30.3 Å². The normalized spacial score (nSPS) is 15.6. The van der Waals surface area contributed by atoms with Crippen LogP contribution in [0.25, 0.3) is 0 Å². The molecule has 1 aromatic rings. The number of aliphatic hydroxyl groups excluding tert-OH is 5. The summed E-state index contributed by atoms with van der Waals surface area (Å²) in [5.41, 5.74) is 6.06. The Morgan fingerprint density at radius 2 is 0.917 bits per heavy atom. The lowest BCUT2D eigenvalue weighted by Crippen LogP contribution is -2.63. The number of carbonyl (C=O) groups excluding carboxylic acids is 9. The molecule has 9 amide bonds. The molecule has 19 N–H and O–H groups in total. The van der Waals surface area contributed by atoms with Gasteiger partial charge in [0.2, 0.25) is 53.2 Å². The first-order valence-electron chi connectivity index (χ1n) is 22.0. The molecule has 0 bridgehead atoms. The van der Waals surface area contributed by atoms with Crippen LogP contribution in [0.4, 0.5) is 0 Å². The molecular weight excluding hydrogens is 965 g/mol. The Morgan fingerprint density at radius 3 is 1.36 bits per heavy atom. The Kier molecular flexibility index (Phi) is 27.0. The molecule has 0 spiro atoms. The van der Waals surface area contributed by atoms with Gasteiger partial charge in [0.1, 0.15) is 48.3 Å². The van der Waals surface area contributed by atoms with Crippen molar-refractivity contribution in [3.05, 3.63) is 35.9 Å². The number of carboxylic acid groups (broad SMARTS) is 3. The lowest BCUT2D eigenvalue weighted by atomic mass is 10.0. The molecule has 30 nitrogen and oxygen atoms in total. The van der Waals surface area contributed by atoms with Gasteiger partial charge in [0.15, 0.2) is 0 Å². The van der Waals surface area contributed by atoms with Gasteiger partial charge < -0.3 is 94.4 Å². The van der Waals surface area contributed by atoms with Gasteiger partial charge in [0.05, 0.1) is 51.0 Å². The van der Waals surface area contributed by atoms with E-state index in [9.17, 15) is 88.2 Å². The van der Waals surface area contributed by atoms with Crippen LogP contribution in [0.2, 0.25) is 0 Å². The number of aliphatic carboxylic acids is 3. The molecule has 0 aliphatic rings. The molecule has 0 saturated heterocycles. The van der Waals surface area contributed by atoms with Crippen LogP contribution in [-0.4, -0.2) is 205 Å². The molecule has 0 unspecified atom stereocenters. The first-order chi connectivity index (χ1) is 33.7. The van der Waals surface area contributed by atoms with Crippen LogP contribution >= 0.6 is 0 Å². The second-order valence-electron chi connectivity index (χ2n) is 16.5. The van der Waals surface area contributed by atoms with Crippen molar-refractivity contribution in [1.82, 2.24) is 47.9 Å². The monoisotopic (exact) mass is 1030 g/mol. The highest BCUT2D eigenvalue weighted by Crippen LogP contribution is 2.09. The summed E-state index contributed by atoms with van der Waals surface area (Å²) in [5, 5.41) is 96.7. The topological polar surface area (TPSA) is 501 Å². The van der Waals surface area contributed by atoms with Crippen molar-refractivity contribution in [2.24, 2.45) is 11.7 Å². The molecule has 0 aliphatic carbocycles. The fourth-order valence-electron chi connectivity index (χ4n) is 6.13. The Balaban J connectivity index is 3.28. The summed E-state index contributed by atoms with van der Waals surface area (Å²) in [6.45, 7) is 0.802. The zero-order valence-corrected chi connectivity index (χ0v) is 39.5. The third kappa shape index (κ3) is 21.7. The van der Waals surface area contributed by atoms with Crippen molar-refractivity contribution in [3.63, 3.8) is 0 Å². The second kappa shape index (κ2) is 31.1. The molecule has 402 valence electrons. The van der Waals surface area contributed by atoms with Crippen LogP contribution < -0.4 is 53.6 Å². The van der Waals surface area contributed by atoms with Crippen LogP contribution in [-0.2, 0) is 64.0 Å². The molecule has 0 aliphatic heterocycles. The van der Waals surface area contributed by atoms with Crippen LogP contribution in [0.1, 0.15) is 52.5 Å². The van der Waals surface area contributed by atoms with E-state index in [4.69, 9.17) is 15.9 Å². The minimum absolute atomic E-state index is 0.253. The Hall–Kier alpha value is -7.38. The summed E-state index contributed by atoms with van der Waals surface area (Å²) in [5.74, 6) is -16.0. The fourth-order valence-corrected chi connectivity index (χ4v) is 6.13. The van der Waals surface area contributed by atoms with Crippen molar-refractivity contribution < 1.29 is 98.4 Å². The first-order valence-corrected chi connectivity index (χ1v) is 22.0. The quantitative estimate of drug-likeness (QED) is 0.0319. The minimum atomic E-state index is -2.04. The van der Waals surface area contributed by atoms with E-state index in [1.807, 2.05) is 16.0 Å². The maximum atomic E-state index is 13.9. The van der Waals surface area contributed by atoms with Crippen LogP contribution in [0.5, 0.6) is 0 Å². The van der Waals surface area contributed by atoms with Gasteiger partial charge in [-0.1, -0.05) is 44.2 Å². The summed E-state index contributed by atoms with van der Waals surface area (Å²) in [7, 11) is 0. The number of nitrogens with one attached hydrogen (secondary N) is 9. The molecule has 0 saturated carbocycles. The smallest absolute Gasteiger partial charge is 0.328 e. The lowest BCUT2D eigenvalue weighted by molar-refractivity contribution is -0.143. The largest absolute Gasteiger partial charge is 0.481 e. The van der Waals surface area contributed by atoms with Gasteiger partial charge in [-0.2, -0.15) is 0 Å². The number of aliphatic hydroxyl groups is 5. The summed E-state index contributed by atoms with van der Waals surface area (Å²) in [4.78, 5) is 152. The number of carboxylic acids is 3. The number of rotatable bonds is 32. The van der Waals surface area contributed by atoms with Crippen molar-refractivity contribution >= 4 is 71.1 Å². The second-order valence-corrected chi connectivity index (χ2v) is 16.5. The van der Waals surface area contributed by atoms with E-state index in [2.05, 4.69) is 31.9 Å². The van der Waals surface area contributed by atoms with E-state index in [0.29, 0.717) is 5.56 Å². The van der Waals surface area contributed by atoms with E-state index in [1.165, 1.54) is 13.8 Å². The summed E-state index contributed by atoms with van der Waals surface area (Å²) in [6.07, 6.45) is -5.56. The molecule has 0 fully saturated rings. The van der Waals surface area contributed by atoms with E-state index in [0.717, 1.165) is 13.8 Å². The van der Waals surface area contributed by atoms with Crippen molar-refractivity contribution in [2.75, 3.05) is 26.4 Å². The van der Waals surface area contributed by atoms with Crippen LogP contribution in [0.3, 0.4) is 0 Å². The SMILES string of the molecule is CC(C)[C@H](NC(=O)[C@H](CC(=O)O)NC(=O)[C@H](CO)NC(=O)[C@@H](NC(=O)[C@H](Cc1ccccc1)NC(=O)[C@@H](NC(=O)CNC(=O)[C@@H](N)CCC(=O)O)[C@@H](C)O)[C@@H](C)O)C(=O)N[C@@H](CO)C(=O)N[C@@H](CO)C(=O)O. The van der Waals surface area contributed by atoms with Gasteiger partial charge in [0, 0.05) is 12.8 Å². The number of amides is 9. The Bertz CT molecular complexity index is 2080. The number of hydrogen-bond donors (Lipinski definition) is 18. The van der Waals surface area contributed by atoms with E-state index in [-0.39, 0.29) is 12.8 Å².